The Labute approximate surface area is 141 Å². The number of amides is 2. The molecule has 8 nitrogen and oxygen atoms in total. The number of carbonyl (C=O) groups excluding carboxylic acids is 1. The molecule has 0 bridgehead atoms. The second kappa shape index (κ2) is 7.29. The number of nitrogens with one attached hydrogen (secondary N) is 1. The van der Waals surface area contributed by atoms with Gasteiger partial charge < -0.3 is 9.80 Å². The van der Waals surface area contributed by atoms with Crippen LogP contribution in [-0.4, -0.2) is 57.1 Å². The maximum atomic E-state index is 12.4. The van der Waals surface area contributed by atoms with Crippen molar-refractivity contribution in [3.8, 4) is 0 Å². The van der Waals surface area contributed by atoms with Crippen LogP contribution in [0.3, 0.4) is 0 Å². The smallest absolute Gasteiger partial charge is 0.323 e. The Balaban J connectivity index is 1.59. The van der Waals surface area contributed by atoms with E-state index < -0.39 is 0 Å². The number of anilines is 2. The highest BCUT2D eigenvalue weighted by molar-refractivity contribution is 5.88. The lowest BCUT2D eigenvalue weighted by atomic mass is 10.3. The normalized spacial score (nSPS) is 15.2. The van der Waals surface area contributed by atoms with E-state index in [-0.39, 0.29) is 6.03 Å². The minimum Gasteiger partial charge on any atom is -0.370 e. The second-order valence-corrected chi connectivity index (χ2v) is 5.87. The summed E-state index contributed by atoms with van der Waals surface area (Å²) in [6.07, 6.45) is 4.50. The lowest BCUT2D eigenvalue weighted by molar-refractivity contribution is 0.215. The number of nitrogens with zero attached hydrogens (tertiary/aromatic N) is 6. The molecule has 0 radical (unpaired) electrons. The predicted molar refractivity (Wildman–Crippen MR) is 92.1 cm³/mol. The highest BCUT2D eigenvalue weighted by Gasteiger charge is 2.20. The number of hydrogen-bond donors (Lipinski definition) is 1. The first-order chi connectivity index (χ1) is 11.7. The van der Waals surface area contributed by atoms with Crippen LogP contribution < -0.4 is 10.2 Å². The third kappa shape index (κ3) is 3.81. The van der Waals surface area contributed by atoms with Crippen LogP contribution in [0.25, 0.3) is 0 Å². The number of carbonyl (C=O) groups is 1. The molecule has 0 aliphatic carbocycles. The van der Waals surface area contributed by atoms with Gasteiger partial charge >= 0.3 is 6.03 Å². The minimum absolute atomic E-state index is 0.120. The van der Waals surface area contributed by atoms with Gasteiger partial charge in [-0.05, 0) is 32.4 Å². The third-order valence-electron chi connectivity index (χ3n) is 4.13. The van der Waals surface area contributed by atoms with Crippen molar-refractivity contribution in [3.05, 3.63) is 30.2 Å². The molecule has 2 aromatic rings. The van der Waals surface area contributed by atoms with Gasteiger partial charge in [-0.2, -0.15) is 0 Å². The van der Waals surface area contributed by atoms with Gasteiger partial charge in [-0.25, -0.2) is 4.79 Å². The highest BCUT2D eigenvalue weighted by atomic mass is 16.2. The van der Waals surface area contributed by atoms with Crippen molar-refractivity contribution < 1.29 is 4.79 Å². The quantitative estimate of drug-likeness (QED) is 0.928. The number of urea groups is 1. The maximum absolute atomic E-state index is 12.4. The number of pyridine rings is 1. The van der Waals surface area contributed by atoms with Gasteiger partial charge in [0.25, 0.3) is 0 Å². The molecule has 3 heterocycles. The molecule has 2 amide bonds. The summed E-state index contributed by atoms with van der Waals surface area (Å²) in [6, 6.07) is 3.98. The van der Waals surface area contributed by atoms with Crippen molar-refractivity contribution >= 4 is 17.5 Å². The Bertz CT molecular complexity index is 699. The Morgan fingerprint density at radius 1 is 1.29 bits per heavy atom. The Morgan fingerprint density at radius 3 is 2.92 bits per heavy atom. The van der Waals surface area contributed by atoms with Crippen LogP contribution in [0.2, 0.25) is 0 Å². The van der Waals surface area contributed by atoms with Crippen LogP contribution in [0, 0.1) is 6.92 Å². The molecule has 0 unspecified atom stereocenters. The third-order valence-corrected chi connectivity index (χ3v) is 4.13. The lowest BCUT2D eigenvalue weighted by Crippen LogP contribution is -2.38. The summed E-state index contributed by atoms with van der Waals surface area (Å²) in [5, 5.41) is 10.7. The van der Waals surface area contributed by atoms with E-state index in [1.807, 2.05) is 31.0 Å². The SMILES string of the molecule is CCn1cc(NC(=O)N2CCCN(c3ccnc(C)c3)CC2)nn1. The van der Waals surface area contributed by atoms with Gasteiger partial charge in [0.05, 0.1) is 6.20 Å². The van der Waals surface area contributed by atoms with Crippen LogP contribution in [0.15, 0.2) is 24.5 Å². The molecule has 0 spiro atoms. The van der Waals surface area contributed by atoms with E-state index in [0.717, 1.165) is 44.0 Å². The fourth-order valence-electron chi connectivity index (χ4n) is 2.80. The predicted octanol–water partition coefficient (Wildman–Crippen LogP) is 1.75. The van der Waals surface area contributed by atoms with Crippen molar-refractivity contribution in [1.29, 1.82) is 0 Å². The molecule has 0 saturated carbocycles. The zero-order valence-corrected chi connectivity index (χ0v) is 14.1. The minimum atomic E-state index is -0.120. The Hall–Kier alpha value is -2.64. The molecule has 2 aromatic heterocycles. The number of rotatable bonds is 3. The fourth-order valence-corrected chi connectivity index (χ4v) is 2.80. The van der Waals surface area contributed by atoms with Gasteiger partial charge in [0.1, 0.15) is 0 Å². The van der Waals surface area contributed by atoms with E-state index in [1.165, 1.54) is 0 Å². The molecule has 1 N–H and O–H groups in total. The van der Waals surface area contributed by atoms with E-state index in [4.69, 9.17) is 0 Å². The summed E-state index contributed by atoms with van der Waals surface area (Å²) in [5.74, 6) is 0.493. The molecule has 8 heteroatoms. The van der Waals surface area contributed by atoms with E-state index in [1.54, 1.807) is 10.9 Å². The van der Waals surface area contributed by atoms with Gasteiger partial charge in [-0.15, -0.1) is 5.10 Å². The zero-order valence-electron chi connectivity index (χ0n) is 14.1. The Kier molecular flexibility index (Phi) is 4.93. The first-order valence-electron chi connectivity index (χ1n) is 8.29. The molecule has 1 saturated heterocycles. The van der Waals surface area contributed by atoms with Gasteiger partial charge in [-0.1, -0.05) is 5.21 Å². The van der Waals surface area contributed by atoms with E-state index in [0.29, 0.717) is 12.4 Å². The summed E-state index contributed by atoms with van der Waals surface area (Å²) < 4.78 is 1.69. The largest absolute Gasteiger partial charge is 0.370 e. The molecular weight excluding hydrogens is 306 g/mol. The van der Waals surface area contributed by atoms with Crippen molar-refractivity contribution in [2.24, 2.45) is 0 Å². The summed E-state index contributed by atoms with van der Waals surface area (Å²) in [4.78, 5) is 20.8. The van der Waals surface area contributed by atoms with Crippen molar-refractivity contribution in [3.63, 3.8) is 0 Å². The monoisotopic (exact) mass is 329 g/mol. The molecule has 1 aliphatic heterocycles. The van der Waals surface area contributed by atoms with Gasteiger partial charge in [-0.3, -0.25) is 15.0 Å². The van der Waals surface area contributed by atoms with E-state index in [9.17, 15) is 4.79 Å². The first-order valence-corrected chi connectivity index (χ1v) is 8.29. The average molecular weight is 329 g/mol. The maximum Gasteiger partial charge on any atom is 0.323 e. The molecule has 3 rings (SSSR count). The average Bonchev–Trinajstić information content (AvgIpc) is 2.88. The summed E-state index contributed by atoms with van der Waals surface area (Å²) >= 11 is 0. The van der Waals surface area contributed by atoms with Crippen LogP contribution in [0.4, 0.5) is 16.3 Å². The van der Waals surface area contributed by atoms with Gasteiger partial charge in [0, 0.05) is 50.3 Å². The molecule has 0 atom stereocenters. The molecule has 1 aliphatic rings. The van der Waals surface area contributed by atoms with E-state index in [2.05, 4.69) is 31.6 Å². The standard InChI is InChI=1S/C16H23N7O/c1-3-23-12-15(19-20-23)18-16(24)22-8-4-7-21(9-10-22)14-5-6-17-13(2)11-14/h5-6,11-12H,3-4,7-10H2,1-2H3,(H,18,24). The molecule has 0 aromatic carbocycles. The topological polar surface area (TPSA) is 79.2 Å². The van der Waals surface area contributed by atoms with Crippen molar-refractivity contribution in [2.45, 2.75) is 26.8 Å². The molecule has 1 fully saturated rings. The molecule has 24 heavy (non-hydrogen) atoms. The summed E-state index contributed by atoms with van der Waals surface area (Å²) in [5.41, 5.74) is 2.17. The second-order valence-electron chi connectivity index (χ2n) is 5.87. The summed E-state index contributed by atoms with van der Waals surface area (Å²) in [7, 11) is 0. The first kappa shape index (κ1) is 16.2. The van der Waals surface area contributed by atoms with Crippen LogP contribution in [0.5, 0.6) is 0 Å². The van der Waals surface area contributed by atoms with Gasteiger partial charge in [0.15, 0.2) is 5.82 Å². The number of aryl methyl sites for hydroxylation is 2. The highest BCUT2D eigenvalue weighted by Crippen LogP contribution is 2.17. The van der Waals surface area contributed by atoms with Crippen LogP contribution in [0.1, 0.15) is 19.0 Å². The van der Waals surface area contributed by atoms with Gasteiger partial charge in [0.2, 0.25) is 0 Å². The molecular formula is C16H23N7O. The van der Waals surface area contributed by atoms with Crippen molar-refractivity contribution in [1.82, 2.24) is 24.9 Å². The lowest BCUT2D eigenvalue weighted by Gasteiger charge is -2.23. The molecule has 128 valence electrons. The van der Waals surface area contributed by atoms with Crippen LogP contribution in [-0.2, 0) is 6.54 Å². The number of hydrogen-bond acceptors (Lipinski definition) is 5. The fraction of sp³-hybridized carbons (Fsp3) is 0.500. The van der Waals surface area contributed by atoms with E-state index >= 15 is 0 Å². The Morgan fingerprint density at radius 2 is 2.17 bits per heavy atom. The number of aromatic nitrogens is 4. The summed E-state index contributed by atoms with van der Waals surface area (Å²) in [6.45, 7) is 7.84. The van der Waals surface area contributed by atoms with Crippen molar-refractivity contribution in [2.75, 3.05) is 36.4 Å². The zero-order chi connectivity index (χ0) is 16.9. The van der Waals surface area contributed by atoms with Crippen LogP contribution >= 0.6 is 0 Å².